The zero-order valence-electron chi connectivity index (χ0n) is 19.0. The van der Waals surface area contributed by atoms with E-state index in [0.29, 0.717) is 24.5 Å². The van der Waals surface area contributed by atoms with Crippen LogP contribution in [0, 0.1) is 5.92 Å². The molecule has 3 aliphatic rings. The smallest absolute Gasteiger partial charge is 0.226 e. The Kier molecular flexibility index (Phi) is 6.74. The van der Waals surface area contributed by atoms with Crippen LogP contribution in [0.1, 0.15) is 39.0 Å². The number of anilines is 2. The van der Waals surface area contributed by atoms with Crippen molar-refractivity contribution in [3.63, 3.8) is 0 Å². The predicted molar refractivity (Wildman–Crippen MR) is 125 cm³/mol. The van der Waals surface area contributed by atoms with Gasteiger partial charge >= 0.3 is 0 Å². The van der Waals surface area contributed by atoms with Crippen LogP contribution in [0.3, 0.4) is 0 Å². The largest absolute Gasteiger partial charge is 0.471 e. The van der Waals surface area contributed by atoms with E-state index >= 15 is 0 Å². The van der Waals surface area contributed by atoms with Crippen LogP contribution in [-0.2, 0) is 9.47 Å². The van der Waals surface area contributed by atoms with Gasteiger partial charge in [0.1, 0.15) is 6.10 Å². The fraction of sp³-hybridized carbons (Fsp3) is 0.600. The minimum atomic E-state index is 0.0413. The molecule has 0 spiro atoms. The summed E-state index contributed by atoms with van der Waals surface area (Å²) in [5.41, 5.74) is 3.21. The van der Waals surface area contributed by atoms with Crippen LogP contribution in [0.15, 0.2) is 30.5 Å². The van der Waals surface area contributed by atoms with Crippen LogP contribution >= 0.6 is 0 Å². The molecule has 2 saturated heterocycles. The molecule has 5 rings (SSSR count). The lowest BCUT2D eigenvalue weighted by Gasteiger charge is -2.29. The number of aromatic nitrogens is 2. The van der Waals surface area contributed by atoms with Gasteiger partial charge in [-0.1, -0.05) is 19.1 Å². The van der Waals surface area contributed by atoms with E-state index in [-0.39, 0.29) is 6.10 Å². The minimum absolute atomic E-state index is 0.0413. The number of hydrogen-bond donors (Lipinski definition) is 1. The van der Waals surface area contributed by atoms with Gasteiger partial charge in [-0.05, 0) is 49.3 Å². The number of morpholine rings is 1. The van der Waals surface area contributed by atoms with E-state index in [4.69, 9.17) is 19.2 Å². The van der Waals surface area contributed by atoms with Crippen LogP contribution in [-0.4, -0.2) is 61.6 Å². The quantitative estimate of drug-likeness (QED) is 0.727. The predicted octanol–water partition coefficient (Wildman–Crippen LogP) is 4.14. The summed E-state index contributed by atoms with van der Waals surface area (Å²) >= 11 is 0. The maximum atomic E-state index is 6.31. The summed E-state index contributed by atoms with van der Waals surface area (Å²) in [5, 5.41) is 3.55. The normalized spacial score (nSPS) is 26.2. The van der Waals surface area contributed by atoms with Crippen molar-refractivity contribution in [1.82, 2.24) is 9.97 Å². The van der Waals surface area contributed by atoms with Crippen LogP contribution < -0.4 is 15.0 Å². The number of hydrogen-bond acceptors (Lipinski definition) is 7. The van der Waals surface area contributed by atoms with Crippen molar-refractivity contribution in [2.45, 2.75) is 51.2 Å². The Balaban J connectivity index is 1.36. The third kappa shape index (κ3) is 5.15. The van der Waals surface area contributed by atoms with E-state index < -0.39 is 0 Å². The molecule has 7 heteroatoms. The fourth-order valence-corrected chi connectivity index (χ4v) is 4.75. The average molecular weight is 439 g/mol. The third-order valence-electron chi connectivity index (χ3n) is 6.82. The van der Waals surface area contributed by atoms with Crippen LogP contribution in [0.2, 0.25) is 0 Å². The van der Waals surface area contributed by atoms with Crippen LogP contribution in [0.5, 0.6) is 5.88 Å². The lowest BCUT2D eigenvalue weighted by molar-refractivity contribution is 0.122. The van der Waals surface area contributed by atoms with Gasteiger partial charge in [0.15, 0.2) is 0 Å². The van der Waals surface area contributed by atoms with Gasteiger partial charge in [0.05, 0.1) is 32.0 Å². The average Bonchev–Trinajstić information content (AvgIpc) is 3.35. The molecule has 1 N–H and O–H groups in total. The van der Waals surface area contributed by atoms with Gasteiger partial charge in [-0.15, -0.1) is 0 Å². The zero-order valence-corrected chi connectivity index (χ0v) is 19.0. The van der Waals surface area contributed by atoms with Crippen molar-refractivity contribution in [3.05, 3.63) is 30.5 Å². The Bertz CT molecular complexity index is 871. The van der Waals surface area contributed by atoms with Crippen LogP contribution in [0.4, 0.5) is 11.6 Å². The van der Waals surface area contributed by atoms with Crippen LogP contribution in [0.25, 0.3) is 11.1 Å². The van der Waals surface area contributed by atoms with E-state index in [1.165, 1.54) is 31.4 Å². The summed E-state index contributed by atoms with van der Waals surface area (Å²) in [6.45, 7) is 7.11. The molecule has 1 aliphatic carbocycles. The molecule has 1 aromatic carbocycles. The second-order valence-electron chi connectivity index (χ2n) is 9.26. The molecule has 172 valence electrons. The second kappa shape index (κ2) is 10.0. The molecule has 1 saturated carbocycles. The zero-order chi connectivity index (χ0) is 21.8. The molecular weight excluding hydrogens is 404 g/mol. The Labute approximate surface area is 190 Å². The second-order valence-corrected chi connectivity index (χ2v) is 9.26. The first-order valence-electron chi connectivity index (χ1n) is 12.1. The number of rotatable bonds is 6. The first-order chi connectivity index (χ1) is 15.7. The van der Waals surface area contributed by atoms with Crippen molar-refractivity contribution in [3.8, 4) is 17.0 Å². The molecule has 0 amide bonds. The van der Waals surface area contributed by atoms with Gasteiger partial charge in [0.2, 0.25) is 11.8 Å². The number of benzene rings is 1. The van der Waals surface area contributed by atoms with Gasteiger partial charge in [-0.2, -0.15) is 4.98 Å². The molecule has 2 aliphatic heterocycles. The van der Waals surface area contributed by atoms with E-state index in [2.05, 4.69) is 46.4 Å². The van der Waals surface area contributed by atoms with Crippen molar-refractivity contribution in [2.24, 2.45) is 5.92 Å². The van der Waals surface area contributed by atoms with Crippen molar-refractivity contribution in [1.29, 1.82) is 0 Å². The van der Waals surface area contributed by atoms with E-state index in [0.717, 1.165) is 56.4 Å². The molecule has 0 bridgehead atoms. The topological polar surface area (TPSA) is 68.7 Å². The highest BCUT2D eigenvalue weighted by atomic mass is 16.5. The summed E-state index contributed by atoms with van der Waals surface area (Å²) in [5.74, 6) is 2.12. The molecule has 7 nitrogen and oxygen atoms in total. The number of nitrogens with zero attached hydrogens (tertiary/aromatic N) is 3. The van der Waals surface area contributed by atoms with Crippen molar-refractivity contribution >= 4 is 11.6 Å². The van der Waals surface area contributed by atoms with E-state index in [1.807, 2.05) is 6.20 Å². The number of ether oxygens (including phenoxy) is 3. The van der Waals surface area contributed by atoms with Gasteiger partial charge < -0.3 is 24.4 Å². The Morgan fingerprint density at radius 1 is 0.969 bits per heavy atom. The summed E-state index contributed by atoms with van der Waals surface area (Å²) in [6, 6.07) is 9.04. The van der Waals surface area contributed by atoms with Gasteiger partial charge in [0, 0.05) is 37.4 Å². The first-order valence-corrected chi connectivity index (χ1v) is 12.1. The Morgan fingerprint density at radius 2 is 1.75 bits per heavy atom. The Morgan fingerprint density at radius 3 is 2.47 bits per heavy atom. The molecule has 1 atom stereocenters. The van der Waals surface area contributed by atoms with Crippen molar-refractivity contribution in [2.75, 3.05) is 49.7 Å². The molecule has 2 aromatic rings. The highest BCUT2D eigenvalue weighted by Crippen LogP contribution is 2.33. The maximum absolute atomic E-state index is 6.31. The molecule has 3 fully saturated rings. The van der Waals surface area contributed by atoms with Gasteiger partial charge in [0.25, 0.3) is 0 Å². The molecular formula is C25H34N4O3. The SMILES string of the molecule is C[C@H]1CC[C@H](Nc2ncc(-c3ccc(N4CCOCC4)cc3)c(O[C@@H]3CCOC3)n2)CC1. The molecule has 32 heavy (non-hydrogen) atoms. The highest BCUT2D eigenvalue weighted by molar-refractivity contribution is 5.70. The van der Waals surface area contributed by atoms with E-state index in [9.17, 15) is 0 Å². The first kappa shape index (κ1) is 21.5. The molecule has 0 radical (unpaired) electrons. The number of nitrogens with one attached hydrogen (secondary N) is 1. The highest BCUT2D eigenvalue weighted by Gasteiger charge is 2.23. The van der Waals surface area contributed by atoms with Gasteiger partial charge in [-0.25, -0.2) is 4.98 Å². The molecule has 0 unspecified atom stereocenters. The molecule has 1 aromatic heterocycles. The summed E-state index contributed by atoms with van der Waals surface area (Å²) in [4.78, 5) is 11.8. The summed E-state index contributed by atoms with van der Waals surface area (Å²) in [7, 11) is 0. The van der Waals surface area contributed by atoms with E-state index in [1.54, 1.807) is 0 Å². The lowest BCUT2D eigenvalue weighted by Crippen LogP contribution is -2.36. The Hall–Kier alpha value is -2.38. The summed E-state index contributed by atoms with van der Waals surface area (Å²) < 4.78 is 17.3. The lowest BCUT2D eigenvalue weighted by atomic mass is 9.87. The van der Waals surface area contributed by atoms with Gasteiger partial charge in [-0.3, -0.25) is 0 Å². The fourth-order valence-electron chi connectivity index (χ4n) is 4.75. The molecule has 3 heterocycles. The van der Waals surface area contributed by atoms with Crippen molar-refractivity contribution < 1.29 is 14.2 Å². The monoisotopic (exact) mass is 438 g/mol. The minimum Gasteiger partial charge on any atom is -0.471 e. The standard InChI is InChI=1S/C25H34N4O3/c1-18-2-6-20(7-3-18)27-25-26-16-23(24(28-25)32-22-10-13-31-17-22)19-4-8-21(9-5-19)29-11-14-30-15-12-29/h4-5,8-9,16,18,20,22H,2-3,6-7,10-15,17H2,1H3,(H,26,27,28)/t18-,20-,22-/m1/s1. The maximum Gasteiger partial charge on any atom is 0.226 e. The summed E-state index contributed by atoms with van der Waals surface area (Å²) in [6.07, 6.45) is 7.68. The third-order valence-corrected chi connectivity index (χ3v) is 6.82.